The van der Waals surface area contributed by atoms with E-state index < -0.39 is 17.6 Å². The zero-order valence-corrected chi connectivity index (χ0v) is 13.5. The van der Waals surface area contributed by atoms with Gasteiger partial charge in [0.1, 0.15) is 0 Å². The molecule has 7 heteroatoms. The molecule has 1 amide bonds. The van der Waals surface area contributed by atoms with E-state index in [9.17, 15) is 18.0 Å². The molecule has 0 bridgehead atoms. The van der Waals surface area contributed by atoms with Crippen molar-refractivity contribution in [3.05, 3.63) is 65.5 Å². The number of hydrogen-bond donors (Lipinski definition) is 0. The lowest BCUT2D eigenvalue weighted by molar-refractivity contribution is -0.138. The minimum Gasteiger partial charge on any atom is -0.336 e. The highest BCUT2D eigenvalue weighted by Gasteiger charge is 2.36. The molecule has 1 aromatic carbocycles. The summed E-state index contributed by atoms with van der Waals surface area (Å²) in [5, 5.41) is 0. The van der Waals surface area contributed by atoms with E-state index in [4.69, 9.17) is 0 Å². The van der Waals surface area contributed by atoms with Crippen molar-refractivity contribution in [1.29, 1.82) is 0 Å². The molecule has 3 rings (SSSR count). The van der Waals surface area contributed by atoms with Gasteiger partial charge in [-0.1, -0.05) is 18.2 Å². The molecule has 1 aliphatic rings. The first kappa shape index (κ1) is 17.4. The Morgan fingerprint density at radius 2 is 1.76 bits per heavy atom. The maximum absolute atomic E-state index is 13.1. The average Bonchev–Trinajstić information content (AvgIpc) is 2.62. The number of carbonyl (C=O) groups is 1. The Morgan fingerprint density at radius 3 is 2.40 bits per heavy atom. The Kier molecular flexibility index (Phi) is 5.03. The van der Waals surface area contributed by atoms with Crippen LogP contribution in [-0.2, 0) is 12.7 Å². The van der Waals surface area contributed by atoms with E-state index >= 15 is 0 Å². The van der Waals surface area contributed by atoms with Crippen LogP contribution in [0.1, 0.15) is 21.5 Å². The first-order chi connectivity index (χ1) is 11.9. The van der Waals surface area contributed by atoms with Gasteiger partial charge in [0, 0.05) is 45.1 Å². The van der Waals surface area contributed by atoms with Crippen LogP contribution in [0.25, 0.3) is 0 Å². The van der Waals surface area contributed by atoms with E-state index in [1.165, 1.54) is 23.1 Å². The molecule has 0 spiro atoms. The molecular weight excluding hydrogens is 331 g/mol. The van der Waals surface area contributed by atoms with Crippen molar-refractivity contribution in [2.24, 2.45) is 0 Å². The van der Waals surface area contributed by atoms with Crippen molar-refractivity contribution >= 4 is 5.91 Å². The first-order valence-corrected chi connectivity index (χ1v) is 8.02. The molecule has 132 valence electrons. The number of benzene rings is 1. The standard InChI is InChI=1S/C18H18F3N3O/c19-18(20,21)16-6-2-1-5-15(16)17(25)24-10-8-23(9-11-24)13-14-4-3-7-22-12-14/h1-7,12H,8-11,13H2. The van der Waals surface area contributed by atoms with Crippen molar-refractivity contribution in [3.8, 4) is 0 Å². The van der Waals surface area contributed by atoms with Gasteiger partial charge in [0.05, 0.1) is 11.1 Å². The lowest BCUT2D eigenvalue weighted by atomic mass is 10.1. The summed E-state index contributed by atoms with van der Waals surface area (Å²) >= 11 is 0. The monoisotopic (exact) mass is 349 g/mol. The Balaban J connectivity index is 1.65. The largest absolute Gasteiger partial charge is 0.417 e. The quantitative estimate of drug-likeness (QED) is 0.855. The normalized spacial score (nSPS) is 16.0. The molecule has 0 atom stereocenters. The number of piperazine rings is 1. The molecule has 1 saturated heterocycles. The topological polar surface area (TPSA) is 36.4 Å². The van der Waals surface area contributed by atoms with Crippen LogP contribution in [-0.4, -0.2) is 46.9 Å². The summed E-state index contributed by atoms with van der Waals surface area (Å²) in [4.78, 5) is 20.3. The molecule has 25 heavy (non-hydrogen) atoms. The fraction of sp³-hybridized carbons (Fsp3) is 0.333. The lowest BCUT2D eigenvalue weighted by Crippen LogP contribution is -2.48. The molecular formula is C18H18F3N3O. The smallest absolute Gasteiger partial charge is 0.336 e. The van der Waals surface area contributed by atoms with Gasteiger partial charge < -0.3 is 4.90 Å². The van der Waals surface area contributed by atoms with Gasteiger partial charge in [-0.05, 0) is 23.8 Å². The minimum absolute atomic E-state index is 0.282. The summed E-state index contributed by atoms with van der Waals surface area (Å²) in [5.41, 5.74) is -0.0850. The van der Waals surface area contributed by atoms with E-state index in [1.54, 1.807) is 12.4 Å². The van der Waals surface area contributed by atoms with E-state index in [-0.39, 0.29) is 5.56 Å². The second-order valence-corrected chi connectivity index (χ2v) is 5.97. The maximum atomic E-state index is 13.1. The van der Waals surface area contributed by atoms with E-state index in [2.05, 4.69) is 9.88 Å². The Hall–Kier alpha value is -2.41. The second kappa shape index (κ2) is 7.23. The number of carbonyl (C=O) groups excluding carboxylic acids is 1. The highest BCUT2D eigenvalue weighted by molar-refractivity contribution is 5.96. The molecule has 1 aliphatic heterocycles. The Morgan fingerprint density at radius 1 is 1.04 bits per heavy atom. The van der Waals surface area contributed by atoms with Gasteiger partial charge in [-0.3, -0.25) is 14.7 Å². The van der Waals surface area contributed by atoms with Crippen LogP contribution < -0.4 is 0 Å². The number of nitrogens with zero attached hydrogens (tertiary/aromatic N) is 3. The molecule has 1 aromatic heterocycles. The molecule has 0 N–H and O–H groups in total. The zero-order chi connectivity index (χ0) is 17.9. The second-order valence-electron chi connectivity index (χ2n) is 5.97. The molecule has 0 saturated carbocycles. The van der Waals surface area contributed by atoms with Crippen LogP contribution in [0.2, 0.25) is 0 Å². The number of halogens is 3. The third-order valence-corrected chi connectivity index (χ3v) is 4.25. The summed E-state index contributed by atoms with van der Waals surface area (Å²) in [6, 6.07) is 8.79. The molecule has 0 aliphatic carbocycles. The van der Waals surface area contributed by atoms with Crippen molar-refractivity contribution in [2.75, 3.05) is 26.2 Å². The van der Waals surface area contributed by atoms with Crippen LogP contribution in [0.4, 0.5) is 13.2 Å². The first-order valence-electron chi connectivity index (χ1n) is 8.02. The third-order valence-electron chi connectivity index (χ3n) is 4.25. The number of rotatable bonds is 3. The number of pyridine rings is 1. The summed E-state index contributed by atoms with van der Waals surface area (Å²) < 4.78 is 39.3. The van der Waals surface area contributed by atoms with E-state index in [0.29, 0.717) is 26.2 Å². The Bertz CT molecular complexity index is 726. The van der Waals surface area contributed by atoms with Gasteiger partial charge in [-0.25, -0.2) is 0 Å². The van der Waals surface area contributed by atoms with E-state index in [1.807, 2.05) is 12.1 Å². The summed E-state index contributed by atoms with van der Waals surface area (Å²) in [5.74, 6) is -0.561. The summed E-state index contributed by atoms with van der Waals surface area (Å²) in [6.07, 6.45) is -1.04. The highest BCUT2D eigenvalue weighted by atomic mass is 19.4. The van der Waals surface area contributed by atoms with Crippen LogP contribution in [0.3, 0.4) is 0 Å². The van der Waals surface area contributed by atoms with Crippen molar-refractivity contribution in [3.63, 3.8) is 0 Å². The average molecular weight is 349 g/mol. The lowest BCUT2D eigenvalue weighted by Gasteiger charge is -2.35. The van der Waals surface area contributed by atoms with Crippen LogP contribution >= 0.6 is 0 Å². The molecule has 4 nitrogen and oxygen atoms in total. The van der Waals surface area contributed by atoms with Gasteiger partial charge >= 0.3 is 6.18 Å². The Labute approximate surface area is 143 Å². The molecule has 2 aromatic rings. The van der Waals surface area contributed by atoms with Crippen molar-refractivity contribution in [2.45, 2.75) is 12.7 Å². The van der Waals surface area contributed by atoms with Gasteiger partial charge in [0.25, 0.3) is 5.91 Å². The maximum Gasteiger partial charge on any atom is 0.417 e. The van der Waals surface area contributed by atoms with Crippen LogP contribution in [0.5, 0.6) is 0 Å². The molecule has 2 heterocycles. The number of amides is 1. The van der Waals surface area contributed by atoms with Crippen LogP contribution in [0.15, 0.2) is 48.8 Å². The van der Waals surface area contributed by atoms with Gasteiger partial charge in [0.15, 0.2) is 0 Å². The fourth-order valence-corrected chi connectivity index (χ4v) is 2.95. The number of hydrogen-bond acceptors (Lipinski definition) is 3. The fourth-order valence-electron chi connectivity index (χ4n) is 2.95. The minimum atomic E-state index is -4.53. The molecule has 0 radical (unpaired) electrons. The number of alkyl halides is 3. The predicted molar refractivity (Wildman–Crippen MR) is 86.9 cm³/mol. The summed E-state index contributed by atoms with van der Waals surface area (Å²) in [7, 11) is 0. The molecule has 1 fully saturated rings. The van der Waals surface area contributed by atoms with Crippen LogP contribution in [0, 0.1) is 0 Å². The third kappa shape index (κ3) is 4.17. The van der Waals surface area contributed by atoms with Gasteiger partial charge in [0.2, 0.25) is 0 Å². The predicted octanol–water partition coefficient (Wildman–Crippen LogP) is 3.06. The summed E-state index contributed by atoms with van der Waals surface area (Å²) in [6.45, 7) is 2.77. The van der Waals surface area contributed by atoms with Crippen molar-refractivity contribution < 1.29 is 18.0 Å². The SMILES string of the molecule is O=C(c1ccccc1C(F)(F)F)N1CCN(Cc2cccnc2)CC1. The highest BCUT2D eigenvalue weighted by Crippen LogP contribution is 2.32. The van der Waals surface area contributed by atoms with Gasteiger partial charge in [-0.2, -0.15) is 13.2 Å². The van der Waals surface area contributed by atoms with E-state index in [0.717, 1.165) is 18.2 Å². The zero-order valence-electron chi connectivity index (χ0n) is 13.5. The number of aromatic nitrogens is 1. The van der Waals surface area contributed by atoms with Gasteiger partial charge in [-0.15, -0.1) is 0 Å². The van der Waals surface area contributed by atoms with Crippen molar-refractivity contribution in [1.82, 2.24) is 14.8 Å². The molecule has 0 unspecified atom stereocenters.